The Morgan fingerprint density at radius 3 is 2.93 bits per heavy atom. The van der Waals surface area contributed by atoms with Crippen molar-refractivity contribution in [1.82, 2.24) is 9.55 Å². The molecule has 0 radical (unpaired) electrons. The molecule has 1 aromatic heterocycles. The summed E-state index contributed by atoms with van der Waals surface area (Å²) in [6.45, 7) is 2.51. The van der Waals surface area contributed by atoms with E-state index < -0.39 is 0 Å². The zero-order valence-corrected chi connectivity index (χ0v) is 8.77. The quantitative estimate of drug-likeness (QED) is 0.762. The van der Waals surface area contributed by atoms with Gasteiger partial charge in [0.05, 0.1) is 17.1 Å². The minimum Gasteiger partial charge on any atom is -0.314 e. The van der Waals surface area contributed by atoms with E-state index in [1.807, 2.05) is 28.8 Å². The molecule has 0 bridgehead atoms. The number of fused-ring (bicyclic) bond motifs is 1. The Balaban J connectivity index is 2.59. The van der Waals surface area contributed by atoms with Gasteiger partial charge in [0.1, 0.15) is 12.4 Å². The first-order chi connectivity index (χ1) is 7.36. The summed E-state index contributed by atoms with van der Waals surface area (Å²) in [5.74, 6) is 1.01. The fourth-order valence-corrected chi connectivity index (χ4v) is 1.79. The van der Waals surface area contributed by atoms with Gasteiger partial charge in [-0.15, -0.1) is 0 Å². The lowest BCUT2D eigenvalue weighted by molar-refractivity contribution is 0.738. The molecule has 3 nitrogen and oxygen atoms in total. The first-order valence-electron chi connectivity index (χ1n) is 5.18. The van der Waals surface area contributed by atoms with Crippen molar-refractivity contribution in [1.29, 1.82) is 5.26 Å². The van der Waals surface area contributed by atoms with Crippen molar-refractivity contribution < 1.29 is 0 Å². The molecule has 2 rings (SSSR count). The van der Waals surface area contributed by atoms with E-state index in [0.29, 0.717) is 6.54 Å². The van der Waals surface area contributed by atoms with E-state index in [1.54, 1.807) is 0 Å². The van der Waals surface area contributed by atoms with Crippen LogP contribution in [0.3, 0.4) is 0 Å². The molecule has 76 valence electrons. The van der Waals surface area contributed by atoms with Crippen LogP contribution in [0.4, 0.5) is 0 Å². The van der Waals surface area contributed by atoms with Gasteiger partial charge in [0.2, 0.25) is 0 Å². The number of hydrogen-bond donors (Lipinski definition) is 0. The molecule has 0 saturated carbocycles. The Hall–Kier alpha value is -1.82. The maximum Gasteiger partial charge on any atom is 0.111 e. The van der Waals surface area contributed by atoms with Crippen LogP contribution in [0.25, 0.3) is 11.0 Å². The third-order valence-electron chi connectivity index (χ3n) is 2.44. The first-order valence-corrected chi connectivity index (χ1v) is 5.18. The molecule has 0 atom stereocenters. The third kappa shape index (κ3) is 1.71. The van der Waals surface area contributed by atoms with Gasteiger partial charge in [-0.25, -0.2) is 4.98 Å². The van der Waals surface area contributed by atoms with Crippen LogP contribution in [0, 0.1) is 11.3 Å². The molecule has 0 amide bonds. The summed E-state index contributed by atoms with van der Waals surface area (Å²) in [5, 5.41) is 8.79. The number of para-hydroxylation sites is 2. The van der Waals surface area contributed by atoms with E-state index in [1.165, 1.54) is 0 Å². The van der Waals surface area contributed by atoms with Crippen LogP contribution in [0.15, 0.2) is 24.3 Å². The molecule has 0 unspecified atom stereocenters. The highest BCUT2D eigenvalue weighted by molar-refractivity contribution is 5.75. The van der Waals surface area contributed by atoms with Crippen molar-refractivity contribution in [2.24, 2.45) is 0 Å². The number of hydrogen-bond acceptors (Lipinski definition) is 2. The predicted molar refractivity (Wildman–Crippen MR) is 59.3 cm³/mol. The van der Waals surface area contributed by atoms with Crippen LogP contribution in [0.1, 0.15) is 19.2 Å². The van der Waals surface area contributed by atoms with Crippen molar-refractivity contribution >= 4 is 11.0 Å². The largest absolute Gasteiger partial charge is 0.314 e. The number of aromatic nitrogens is 2. The van der Waals surface area contributed by atoms with Crippen LogP contribution >= 0.6 is 0 Å². The standard InChI is InChI=1S/C12H13N3/c1-2-5-12-14-10-6-3-4-7-11(10)15(12)9-8-13/h3-4,6-7H,2,5,9H2,1H3. The van der Waals surface area contributed by atoms with Gasteiger partial charge in [-0.2, -0.15) is 5.26 Å². The lowest BCUT2D eigenvalue weighted by atomic mass is 10.3. The molecule has 0 aliphatic carbocycles. The molecule has 15 heavy (non-hydrogen) atoms. The summed E-state index contributed by atoms with van der Waals surface area (Å²) >= 11 is 0. The van der Waals surface area contributed by atoms with Crippen LogP contribution in [0.2, 0.25) is 0 Å². The van der Waals surface area contributed by atoms with Gasteiger partial charge in [-0.05, 0) is 18.6 Å². The van der Waals surface area contributed by atoms with Gasteiger partial charge in [-0.3, -0.25) is 0 Å². The van der Waals surface area contributed by atoms with Crippen LogP contribution in [0.5, 0.6) is 0 Å². The molecule has 3 heteroatoms. The summed E-state index contributed by atoms with van der Waals surface area (Å²) in [6.07, 6.45) is 1.98. The molecule has 0 fully saturated rings. The molecule has 0 aliphatic heterocycles. The lowest BCUT2D eigenvalue weighted by Gasteiger charge is -2.02. The van der Waals surface area contributed by atoms with Gasteiger partial charge in [-0.1, -0.05) is 19.1 Å². The normalized spacial score (nSPS) is 10.4. The smallest absolute Gasteiger partial charge is 0.111 e. The second-order valence-electron chi connectivity index (χ2n) is 3.51. The first kappa shape index (κ1) is 9.72. The molecule has 0 N–H and O–H groups in total. The Bertz CT molecular complexity index is 505. The van der Waals surface area contributed by atoms with Crippen LogP contribution in [-0.4, -0.2) is 9.55 Å². The second-order valence-corrected chi connectivity index (χ2v) is 3.51. The fourth-order valence-electron chi connectivity index (χ4n) is 1.79. The predicted octanol–water partition coefficient (Wildman–Crippen LogP) is 2.51. The Kier molecular flexibility index (Phi) is 2.68. The zero-order chi connectivity index (χ0) is 10.7. The highest BCUT2D eigenvalue weighted by Gasteiger charge is 2.08. The molecule has 1 aromatic carbocycles. The van der Waals surface area contributed by atoms with Crippen LogP contribution < -0.4 is 0 Å². The molecule has 0 aliphatic rings. The van der Waals surface area contributed by atoms with Crippen molar-refractivity contribution in [2.75, 3.05) is 0 Å². The maximum absolute atomic E-state index is 8.79. The van der Waals surface area contributed by atoms with Gasteiger partial charge in [0, 0.05) is 6.42 Å². The second kappa shape index (κ2) is 4.14. The average molecular weight is 199 g/mol. The van der Waals surface area contributed by atoms with E-state index in [9.17, 15) is 0 Å². The number of nitriles is 1. The highest BCUT2D eigenvalue weighted by atomic mass is 15.1. The van der Waals surface area contributed by atoms with E-state index in [2.05, 4.69) is 18.0 Å². The zero-order valence-electron chi connectivity index (χ0n) is 8.77. The van der Waals surface area contributed by atoms with E-state index in [4.69, 9.17) is 5.26 Å². The van der Waals surface area contributed by atoms with Crippen molar-refractivity contribution in [3.63, 3.8) is 0 Å². The SMILES string of the molecule is CCCc1nc2ccccc2n1CC#N. The number of nitrogens with zero attached hydrogens (tertiary/aromatic N) is 3. The van der Waals surface area contributed by atoms with E-state index in [0.717, 1.165) is 29.7 Å². The number of imidazole rings is 1. The van der Waals surface area contributed by atoms with Gasteiger partial charge in [0.25, 0.3) is 0 Å². The molecular formula is C12H13N3. The average Bonchev–Trinajstić information content (AvgIpc) is 2.59. The Morgan fingerprint density at radius 2 is 2.20 bits per heavy atom. The molecule has 0 saturated heterocycles. The van der Waals surface area contributed by atoms with E-state index >= 15 is 0 Å². The van der Waals surface area contributed by atoms with Crippen molar-refractivity contribution in [3.8, 4) is 6.07 Å². The minimum atomic E-state index is 0.385. The number of rotatable bonds is 3. The van der Waals surface area contributed by atoms with Gasteiger partial charge >= 0.3 is 0 Å². The van der Waals surface area contributed by atoms with Gasteiger partial charge < -0.3 is 4.57 Å². The molecule has 2 aromatic rings. The summed E-state index contributed by atoms with van der Waals surface area (Å²) in [4.78, 5) is 4.53. The lowest BCUT2D eigenvalue weighted by Crippen LogP contribution is -2.02. The Labute approximate surface area is 89.0 Å². The molecule has 0 spiro atoms. The van der Waals surface area contributed by atoms with Crippen molar-refractivity contribution in [3.05, 3.63) is 30.1 Å². The summed E-state index contributed by atoms with van der Waals surface area (Å²) in [7, 11) is 0. The highest BCUT2D eigenvalue weighted by Crippen LogP contribution is 2.16. The topological polar surface area (TPSA) is 41.6 Å². The molecular weight excluding hydrogens is 186 g/mol. The monoisotopic (exact) mass is 199 g/mol. The summed E-state index contributed by atoms with van der Waals surface area (Å²) < 4.78 is 2.00. The number of benzene rings is 1. The van der Waals surface area contributed by atoms with Crippen LogP contribution in [-0.2, 0) is 13.0 Å². The minimum absolute atomic E-state index is 0.385. The van der Waals surface area contributed by atoms with Crippen molar-refractivity contribution in [2.45, 2.75) is 26.3 Å². The summed E-state index contributed by atoms with van der Waals surface area (Å²) in [5.41, 5.74) is 2.04. The fraction of sp³-hybridized carbons (Fsp3) is 0.333. The number of aryl methyl sites for hydroxylation is 1. The van der Waals surface area contributed by atoms with E-state index in [-0.39, 0.29) is 0 Å². The Morgan fingerprint density at radius 1 is 1.40 bits per heavy atom. The third-order valence-corrected chi connectivity index (χ3v) is 2.44. The van der Waals surface area contributed by atoms with Gasteiger partial charge in [0.15, 0.2) is 0 Å². The summed E-state index contributed by atoms with van der Waals surface area (Å²) in [6, 6.07) is 10.1. The maximum atomic E-state index is 8.79. The molecule has 1 heterocycles.